The first kappa shape index (κ1) is 16.2. The number of hydrogen-bond donors (Lipinski definition) is 1. The summed E-state index contributed by atoms with van der Waals surface area (Å²) in [7, 11) is 0. The van der Waals surface area contributed by atoms with Crippen molar-refractivity contribution in [2.24, 2.45) is 0 Å². The quantitative estimate of drug-likeness (QED) is 0.917. The maximum absolute atomic E-state index is 13.4. The van der Waals surface area contributed by atoms with Crippen molar-refractivity contribution >= 4 is 12.2 Å². The minimum atomic E-state index is -0.565. The minimum absolute atomic E-state index is 0.00441. The molecule has 1 N–H and O–H groups in total. The average molecular weight is 310 g/mol. The summed E-state index contributed by atoms with van der Waals surface area (Å²) in [6.07, 6.45) is 2.80. The SMILES string of the molecule is N#Cc1ccc(C=CCNC(=O)OCc2ccccc2)cc1F. The number of nitriles is 1. The third kappa shape index (κ3) is 5.29. The average Bonchev–Trinajstić information content (AvgIpc) is 2.58. The molecule has 0 aliphatic heterocycles. The van der Waals surface area contributed by atoms with Gasteiger partial charge in [0, 0.05) is 6.54 Å². The number of nitrogens with zero attached hydrogens (tertiary/aromatic N) is 1. The Morgan fingerprint density at radius 2 is 2.04 bits per heavy atom. The number of benzene rings is 2. The van der Waals surface area contributed by atoms with Gasteiger partial charge in [-0.3, -0.25) is 0 Å². The molecule has 0 aromatic heterocycles. The van der Waals surface area contributed by atoms with E-state index in [2.05, 4.69) is 5.32 Å². The lowest BCUT2D eigenvalue weighted by atomic mass is 10.1. The van der Waals surface area contributed by atoms with Crippen molar-refractivity contribution in [3.63, 3.8) is 0 Å². The van der Waals surface area contributed by atoms with Gasteiger partial charge < -0.3 is 10.1 Å². The van der Waals surface area contributed by atoms with Crippen molar-refractivity contribution < 1.29 is 13.9 Å². The Hall–Kier alpha value is -3.13. The van der Waals surface area contributed by atoms with Gasteiger partial charge in [0.1, 0.15) is 18.5 Å². The molecule has 2 aromatic rings. The smallest absolute Gasteiger partial charge is 0.407 e. The van der Waals surface area contributed by atoms with Crippen LogP contribution in [0.2, 0.25) is 0 Å². The van der Waals surface area contributed by atoms with Crippen LogP contribution in [0.25, 0.3) is 6.08 Å². The number of ether oxygens (including phenoxy) is 1. The highest BCUT2D eigenvalue weighted by atomic mass is 19.1. The fourth-order valence-corrected chi connectivity index (χ4v) is 1.84. The van der Waals surface area contributed by atoms with E-state index in [1.54, 1.807) is 24.3 Å². The molecular weight excluding hydrogens is 295 g/mol. The molecule has 2 aromatic carbocycles. The zero-order valence-electron chi connectivity index (χ0n) is 12.3. The van der Waals surface area contributed by atoms with Gasteiger partial charge in [0.05, 0.1) is 5.56 Å². The van der Waals surface area contributed by atoms with E-state index >= 15 is 0 Å². The number of hydrogen-bond acceptors (Lipinski definition) is 3. The fourth-order valence-electron chi connectivity index (χ4n) is 1.84. The molecule has 0 heterocycles. The van der Waals surface area contributed by atoms with E-state index in [4.69, 9.17) is 10.00 Å². The number of nitrogens with one attached hydrogen (secondary N) is 1. The van der Waals surface area contributed by atoms with Crippen LogP contribution < -0.4 is 5.32 Å². The largest absolute Gasteiger partial charge is 0.445 e. The van der Waals surface area contributed by atoms with Crippen molar-refractivity contribution in [2.75, 3.05) is 6.54 Å². The second kappa shape index (κ2) is 8.35. The molecule has 0 aliphatic carbocycles. The molecule has 0 radical (unpaired) electrons. The molecule has 0 saturated heterocycles. The van der Waals surface area contributed by atoms with Crippen LogP contribution in [-0.4, -0.2) is 12.6 Å². The summed E-state index contributed by atoms with van der Waals surface area (Å²) in [5.74, 6) is -0.565. The molecule has 116 valence electrons. The van der Waals surface area contributed by atoms with Crippen LogP contribution >= 0.6 is 0 Å². The van der Waals surface area contributed by atoms with Gasteiger partial charge in [-0.25, -0.2) is 9.18 Å². The van der Waals surface area contributed by atoms with Crippen LogP contribution in [0, 0.1) is 17.1 Å². The van der Waals surface area contributed by atoms with Gasteiger partial charge in [-0.1, -0.05) is 48.6 Å². The number of carbonyl (C=O) groups excluding carboxylic acids is 1. The monoisotopic (exact) mass is 310 g/mol. The molecule has 0 bridgehead atoms. The Balaban J connectivity index is 1.75. The van der Waals surface area contributed by atoms with Gasteiger partial charge in [0.15, 0.2) is 0 Å². The summed E-state index contributed by atoms with van der Waals surface area (Å²) in [5, 5.41) is 11.2. The number of alkyl carbamates (subject to hydrolysis) is 1. The topological polar surface area (TPSA) is 62.1 Å². The molecule has 0 saturated carbocycles. The first-order chi connectivity index (χ1) is 11.2. The van der Waals surface area contributed by atoms with Crippen LogP contribution in [0.4, 0.5) is 9.18 Å². The second-order valence-corrected chi connectivity index (χ2v) is 4.70. The fraction of sp³-hybridized carbons (Fsp3) is 0.111. The lowest BCUT2D eigenvalue weighted by Gasteiger charge is -2.05. The summed E-state index contributed by atoms with van der Waals surface area (Å²) in [5.41, 5.74) is 1.52. The Labute approximate surface area is 133 Å². The zero-order chi connectivity index (χ0) is 16.5. The summed E-state index contributed by atoms with van der Waals surface area (Å²) >= 11 is 0. The number of rotatable bonds is 5. The normalized spacial score (nSPS) is 10.3. The number of amides is 1. The van der Waals surface area contributed by atoms with Gasteiger partial charge in [0.2, 0.25) is 0 Å². The van der Waals surface area contributed by atoms with Crippen LogP contribution in [0.5, 0.6) is 0 Å². The van der Waals surface area contributed by atoms with Gasteiger partial charge in [0.25, 0.3) is 0 Å². The van der Waals surface area contributed by atoms with E-state index in [0.29, 0.717) is 5.56 Å². The third-order valence-electron chi connectivity index (χ3n) is 3.00. The summed E-state index contributed by atoms with van der Waals surface area (Å²) < 4.78 is 18.5. The van der Waals surface area contributed by atoms with Crippen molar-refractivity contribution in [1.82, 2.24) is 5.32 Å². The van der Waals surface area contributed by atoms with Crippen LogP contribution in [0.1, 0.15) is 16.7 Å². The highest BCUT2D eigenvalue weighted by molar-refractivity contribution is 5.67. The highest BCUT2D eigenvalue weighted by Crippen LogP contribution is 2.10. The van der Waals surface area contributed by atoms with E-state index in [1.807, 2.05) is 30.3 Å². The Morgan fingerprint density at radius 1 is 1.26 bits per heavy atom. The summed E-state index contributed by atoms with van der Waals surface area (Å²) in [4.78, 5) is 11.5. The maximum Gasteiger partial charge on any atom is 0.407 e. The van der Waals surface area contributed by atoms with Crippen LogP contribution in [0.15, 0.2) is 54.6 Å². The van der Waals surface area contributed by atoms with E-state index in [-0.39, 0.29) is 18.7 Å². The molecule has 23 heavy (non-hydrogen) atoms. The van der Waals surface area contributed by atoms with Crippen molar-refractivity contribution in [2.45, 2.75) is 6.61 Å². The predicted molar refractivity (Wildman–Crippen MR) is 84.8 cm³/mol. The lowest BCUT2D eigenvalue weighted by Crippen LogP contribution is -2.24. The Morgan fingerprint density at radius 3 is 2.74 bits per heavy atom. The van der Waals surface area contributed by atoms with E-state index in [1.165, 1.54) is 12.1 Å². The minimum Gasteiger partial charge on any atom is -0.445 e. The first-order valence-corrected chi connectivity index (χ1v) is 7.00. The van der Waals surface area contributed by atoms with Crippen molar-refractivity contribution in [3.8, 4) is 6.07 Å². The van der Waals surface area contributed by atoms with E-state index in [9.17, 15) is 9.18 Å². The second-order valence-electron chi connectivity index (χ2n) is 4.70. The van der Waals surface area contributed by atoms with Gasteiger partial charge in [-0.2, -0.15) is 5.26 Å². The van der Waals surface area contributed by atoms with Gasteiger partial charge >= 0.3 is 6.09 Å². The molecule has 4 nitrogen and oxygen atoms in total. The summed E-state index contributed by atoms with van der Waals surface area (Å²) in [6.45, 7) is 0.465. The lowest BCUT2D eigenvalue weighted by molar-refractivity contribution is 0.141. The first-order valence-electron chi connectivity index (χ1n) is 7.00. The Kier molecular flexibility index (Phi) is 5.89. The van der Waals surface area contributed by atoms with E-state index in [0.717, 1.165) is 5.56 Å². The molecule has 1 amide bonds. The molecule has 0 aliphatic rings. The molecule has 5 heteroatoms. The van der Waals surface area contributed by atoms with E-state index < -0.39 is 11.9 Å². The third-order valence-corrected chi connectivity index (χ3v) is 3.00. The molecule has 0 spiro atoms. The number of halogens is 1. The molecule has 2 rings (SSSR count). The van der Waals surface area contributed by atoms with Crippen molar-refractivity contribution in [1.29, 1.82) is 5.26 Å². The van der Waals surface area contributed by atoms with Crippen molar-refractivity contribution in [3.05, 3.63) is 77.1 Å². The highest BCUT2D eigenvalue weighted by Gasteiger charge is 2.01. The Bertz CT molecular complexity index is 736. The van der Waals surface area contributed by atoms with Gasteiger partial charge in [-0.05, 0) is 23.3 Å². The molecular formula is C18H15FN2O2. The van der Waals surface area contributed by atoms with Gasteiger partial charge in [-0.15, -0.1) is 0 Å². The van der Waals surface area contributed by atoms with Crippen LogP contribution in [0.3, 0.4) is 0 Å². The summed E-state index contributed by atoms with van der Waals surface area (Å²) in [6, 6.07) is 15.4. The zero-order valence-corrected chi connectivity index (χ0v) is 12.3. The molecule has 0 fully saturated rings. The number of carbonyl (C=O) groups is 1. The molecule has 0 unspecified atom stereocenters. The predicted octanol–water partition coefficient (Wildman–Crippen LogP) is 3.64. The standard InChI is InChI=1S/C18H15FN2O2/c19-17-11-14(8-9-16(17)12-20)7-4-10-21-18(22)23-13-15-5-2-1-3-6-15/h1-9,11H,10,13H2,(H,21,22). The van der Waals surface area contributed by atoms with Crippen LogP contribution in [-0.2, 0) is 11.3 Å². The maximum atomic E-state index is 13.4. The molecule has 0 atom stereocenters.